The van der Waals surface area contributed by atoms with Gasteiger partial charge in [-0.2, -0.15) is 0 Å². The molecular formula is C23H18Cl2N2O. The van der Waals surface area contributed by atoms with E-state index in [2.05, 4.69) is 29.6 Å². The van der Waals surface area contributed by atoms with Gasteiger partial charge in [-0.1, -0.05) is 53.0 Å². The molecule has 140 valence electrons. The maximum absolute atomic E-state index is 13.2. The molecule has 3 nitrogen and oxygen atoms in total. The van der Waals surface area contributed by atoms with Crippen LogP contribution in [0.1, 0.15) is 17.2 Å². The monoisotopic (exact) mass is 408 g/mol. The van der Waals surface area contributed by atoms with E-state index in [0.717, 1.165) is 16.9 Å². The molecule has 5 heteroatoms. The number of carbonyl (C=O) groups excluding carboxylic acids is 1. The van der Waals surface area contributed by atoms with Crippen molar-refractivity contribution in [2.24, 2.45) is 0 Å². The highest BCUT2D eigenvalue weighted by Gasteiger charge is 2.34. The number of anilines is 2. The number of nitrogens with zero attached hydrogens (tertiary/aromatic N) is 1. The predicted molar refractivity (Wildman–Crippen MR) is 116 cm³/mol. The highest BCUT2D eigenvalue weighted by Crippen LogP contribution is 2.36. The average molecular weight is 409 g/mol. The minimum atomic E-state index is -0.205. The van der Waals surface area contributed by atoms with Crippen molar-refractivity contribution >= 4 is 40.5 Å². The van der Waals surface area contributed by atoms with Crippen molar-refractivity contribution < 1.29 is 4.79 Å². The summed E-state index contributed by atoms with van der Waals surface area (Å²) < 4.78 is 0. The molecular weight excluding hydrogens is 391 g/mol. The molecule has 3 aromatic rings. The van der Waals surface area contributed by atoms with Crippen LogP contribution >= 0.6 is 23.2 Å². The van der Waals surface area contributed by atoms with E-state index in [1.165, 1.54) is 5.56 Å². The van der Waals surface area contributed by atoms with Gasteiger partial charge in [0.1, 0.15) is 5.70 Å². The van der Waals surface area contributed by atoms with E-state index >= 15 is 0 Å². The number of carbonyl (C=O) groups is 1. The molecule has 1 aliphatic heterocycles. The van der Waals surface area contributed by atoms with E-state index in [1.807, 2.05) is 37.3 Å². The predicted octanol–water partition coefficient (Wildman–Crippen LogP) is 6.39. The lowest BCUT2D eigenvalue weighted by atomic mass is 10.0. The van der Waals surface area contributed by atoms with Crippen molar-refractivity contribution in [2.45, 2.75) is 13.0 Å². The SMILES string of the molecule is Cc1ccc([C@H]2C=C(Nc3ccc(Cl)cc3)C(=O)N2c2ccc(Cl)cc2)cc1. The van der Waals surface area contributed by atoms with Gasteiger partial charge in [-0.25, -0.2) is 0 Å². The zero-order valence-corrected chi connectivity index (χ0v) is 16.7. The topological polar surface area (TPSA) is 32.3 Å². The maximum atomic E-state index is 13.2. The van der Waals surface area contributed by atoms with Gasteiger partial charge < -0.3 is 5.32 Å². The van der Waals surface area contributed by atoms with E-state index in [1.54, 1.807) is 29.2 Å². The fourth-order valence-electron chi connectivity index (χ4n) is 3.23. The first-order chi connectivity index (χ1) is 13.5. The van der Waals surface area contributed by atoms with Crippen LogP contribution in [0.3, 0.4) is 0 Å². The maximum Gasteiger partial charge on any atom is 0.275 e. The Morgan fingerprint density at radius 3 is 2.00 bits per heavy atom. The molecule has 1 N–H and O–H groups in total. The summed E-state index contributed by atoms with van der Waals surface area (Å²) in [4.78, 5) is 15.0. The minimum absolute atomic E-state index is 0.0946. The van der Waals surface area contributed by atoms with Crippen LogP contribution in [0.15, 0.2) is 84.6 Å². The molecule has 0 fully saturated rings. The molecule has 0 saturated carbocycles. The number of hydrogen-bond acceptors (Lipinski definition) is 2. The number of benzene rings is 3. The molecule has 1 aliphatic rings. The molecule has 0 unspecified atom stereocenters. The Bertz CT molecular complexity index is 1030. The number of nitrogens with one attached hydrogen (secondary N) is 1. The first-order valence-electron chi connectivity index (χ1n) is 8.91. The Morgan fingerprint density at radius 1 is 0.821 bits per heavy atom. The third-order valence-corrected chi connectivity index (χ3v) is 5.20. The average Bonchev–Trinajstić information content (AvgIpc) is 3.01. The molecule has 28 heavy (non-hydrogen) atoms. The quantitative estimate of drug-likeness (QED) is 0.542. The van der Waals surface area contributed by atoms with Crippen LogP contribution in [0, 0.1) is 6.92 Å². The highest BCUT2D eigenvalue weighted by molar-refractivity contribution is 6.31. The second-order valence-corrected chi connectivity index (χ2v) is 7.59. The molecule has 0 saturated heterocycles. The van der Waals surface area contributed by atoms with E-state index in [9.17, 15) is 4.79 Å². The normalized spacial score (nSPS) is 16.2. The summed E-state index contributed by atoms with van der Waals surface area (Å²) in [5, 5.41) is 4.51. The number of aryl methyl sites for hydroxylation is 1. The van der Waals surface area contributed by atoms with Gasteiger partial charge >= 0.3 is 0 Å². The Labute approximate surface area is 174 Å². The van der Waals surface area contributed by atoms with Gasteiger partial charge in [0.15, 0.2) is 0 Å². The van der Waals surface area contributed by atoms with E-state index in [-0.39, 0.29) is 11.9 Å². The fourth-order valence-corrected chi connectivity index (χ4v) is 3.48. The second kappa shape index (κ2) is 7.70. The summed E-state index contributed by atoms with van der Waals surface area (Å²) in [5.41, 5.74) is 4.35. The molecule has 4 rings (SSSR count). The van der Waals surface area contributed by atoms with Crippen LogP contribution < -0.4 is 10.2 Å². The van der Waals surface area contributed by atoms with Gasteiger partial charge in [0.05, 0.1) is 6.04 Å². The largest absolute Gasteiger partial charge is 0.351 e. The third-order valence-electron chi connectivity index (χ3n) is 4.70. The lowest BCUT2D eigenvalue weighted by Gasteiger charge is -2.25. The molecule has 0 aromatic heterocycles. The van der Waals surface area contributed by atoms with Gasteiger partial charge in [0, 0.05) is 21.4 Å². The minimum Gasteiger partial charge on any atom is -0.351 e. The molecule has 0 radical (unpaired) electrons. The standard InChI is InChI=1S/C23H18Cl2N2O/c1-15-2-4-16(5-3-15)22-14-21(26-19-10-6-17(24)7-11-19)23(28)27(22)20-12-8-18(25)9-13-20/h2-14,22,26H,1H3/t22-/m1/s1. The Hall–Kier alpha value is -2.75. The van der Waals surface area contributed by atoms with Crippen LogP contribution in [-0.4, -0.2) is 5.91 Å². The van der Waals surface area contributed by atoms with Crippen molar-refractivity contribution in [3.05, 3.63) is 106 Å². The summed E-state index contributed by atoms with van der Waals surface area (Å²) >= 11 is 12.0. The van der Waals surface area contributed by atoms with Crippen molar-refractivity contribution in [1.29, 1.82) is 0 Å². The van der Waals surface area contributed by atoms with Crippen LogP contribution in [0.5, 0.6) is 0 Å². The number of amides is 1. The van der Waals surface area contributed by atoms with Crippen LogP contribution in [0.25, 0.3) is 0 Å². The molecule has 1 heterocycles. The summed E-state index contributed by atoms with van der Waals surface area (Å²) in [5.74, 6) is -0.0946. The third kappa shape index (κ3) is 3.77. The van der Waals surface area contributed by atoms with E-state index in [0.29, 0.717) is 15.7 Å². The van der Waals surface area contributed by atoms with E-state index in [4.69, 9.17) is 23.2 Å². The van der Waals surface area contributed by atoms with Gasteiger partial charge in [-0.15, -0.1) is 0 Å². The van der Waals surface area contributed by atoms with Gasteiger partial charge in [0.2, 0.25) is 0 Å². The smallest absolute Gasteiger partial charge is 0.275 e. The molecule has 0 spiro atoms. The fraction of sp³-hybridized carbons (Fsp3) is 0.0870. The molecule has 0 bridgehead atoms. The van der Waals surface area contributed by atoms with E-state index < -0.39 is 0 Å². The molecule has 1 amide bonds. The van der Waals surface area contributed by atoms with Crippen molar-refractivity contribution in [1.82, 2.24) is 0 Å². The van der Waals surface area contributed by atoms with Crippen LogP contribution in [0.4, 0.5) is 11.4 Å². The van der Waals surface area contributed by atoms with Gasteiger partial charge in [-0.05, 0) is 67.1 Å². The lowest BCUT2D eigenvalue weighted by Crippen LogP contribution is -2.30. The zero-order chi connectivity index (χ0) is 19.7. The Morgan fingerprint density at radius 2 is 1.39 bits per heavy atom. The van der Waals surface area contributed by atoms with Crippen molar-refractivity contribution in [3.8, 4) is 0 Å². The van der Waals surface area contributed by atoms with Crippen molar-refractivity contribution in [3.63, 3.8) is 0 Å². The number of hydrogen-bond donors (Lipinski definition) is 1. The summed E-state index contributed by atoms with van der Waals surface area (Å²) in [6.45, 7) is 2.05. The highest BCUT2D eigenvalue weighted by atomic mass is 35.5. The first kappa shape index (κ1) is 18.6. The summed E-state index contributed by atoms with van der Waals surface area (Å²) in [6.07, 6.45) is 1.95. The van der Waals surface area contributed by atoms with Crippen LogP contribution in [0.2, 0.25) is 10.0 Å². The van der Waals surface area contributed by atoms with Crippen molar-refractivity contribution in [2.75, 3.05) is 10.2 Å². The number of halogens is 2. The van der Waals surface area contributed by atoms with Gasteiger partial charge in [0.25, 0.3) is 5.91 Å². The zero-order valence-electron chi connectivity index (χ0n) is 15.2. The lowest BCUT2D eigenvalue weighted by molar-refractivity contribution is -0.114. The Balaban J connectivity index is 1.72. The van der Waals surface area contributed by atoms with Gasteiger partial charge in [-0.3, -0.25) is 9.69 Å². The molecule has 1 atom stereocenters. The first-order valence-corrected chi connectivity index (χ1v) is 9.67. The summed E-state index contributed by atoms with van der Waals surface area (Å²) in [6, 6.07) is 22.6. The van der Waals surface area contributed by atoms with Crippen LogP contribution in [-0.2, 0) is 4.79 Å². The molecule has 3 aromatic carbocycles. The Kier molecular flexibility index (Phi) is 5.12. The number of rotatable bonds is 4. The summed E-state index contributed by atoms with van der Waals surface area (Å²) in [7, 11) is 0. The second-order valence-electron chi connectivity index (χ2n) is 6.72. The molecule has 0 aliphatic carbocycles.